The van der Waals surface area contributed by atoms with Gasteiger partial charge in [-0.1, -0.05) is 0 Å². The van der Waals surface area contributed by atoms with Gasteiger partial charge in [0.25, 0.3) is 0 Å². The van der Waals surface area contributed by atoms with Crippen molar-refractivity contribution in [2.75, 3.05) is 33.2 Å². The molecule has 2 aliphatic rings. The molecule has 0 aromatic carbocycles. The summed E-state index contributed by atoms with van der Waals surface area (Å²) >= 11 is 0. The van der Waals surface area contributed by atoms with Crippen LogP contribution in [0, 0.1) is 0 Å². The second kappa shape index (κ2) is 4.60. The third kappa shape index (κ3) is 2.27. The van der Waals surface area contributed by atoms with Gasteiger partial charge in [0.05, 0.1) is 6.17 Å². The van der Waals surface area contributed by atoms with Crippen LogP contribution in [0.5, 0.6) is 0 Å². The Labute approximate surface area is 87.4 Å². The second-order valence-corrected chi connectivity index (χ2v) is 4.81. The molecule has 0 aromatic heterocycles. The van der Waals surface area contributed by atoms with Crippen molar-refractivity contribution in [3.05, 3.63) is 0 Å². The summed E-state index contributed by atoms with van der Waals surface area (Å²) in [6, 6.07) is 0.666. The molecule has 2 fully saturated rings. The van der Waals surface area contributed by atoms with E-state index in [0.29, 0.717) is 12.2 Å². The van der Waals surface area contributed by atoms with Crippen molar-refractivity contribution < 1.29 is 0 Å². The van der Waals surface area contributed by atoms with Crippen LogP contribution in [-0.4, -0.2) is 55.2 Å². The number of nitrogens with one attached hydrogen (secondary N) is 1. The molecule has 3 nitrogen and oxygen atoms in total. The Bertz CT molecular complexity index is 183. The first-order valence-corrected chi connectivity index (χ1v) is 5.95. The Kier molecular flexibility index (Phi) is 3.42. The molecule has 0 aromatic rings. The van der Waals surface area contributed by atoms with Gasteiger partial charge in [-0.25, -0.2) is 0 Å². The Morgan fingerprint density at radius 1 is 1.21 bits per heavy atom. The lowest BCUT2D eigenvalue weighted by molar-refractivity contribution is 0.0154. The second-order valence-electron chi connectivity index (χ2n) is 4.81. The number of nitrogens with zero attached hydrogens (tertiary/aromatic N) is 2. The predicted octanol–water partition coefficient (Wildman–Crippen LogP) is 0.722. The van der Waals surface area contributed by atoms with Crippen LogP contribution in [0.4, 0.5) is 0 Å². The quantitative estimate of drug-likeness (QED) is 0.668. The van der Waals surface area contributed by atoms with Crippen LogP contribution in [0.25, 0.3) is 0 Å². The van der Waals surface area contributed by atoms with Gasteiger partial charge in [0.2, 0.25) is 0 Å². The molecule has 2 heterocycles. The molecule has 1 N–H and O–H groups in total. The molecule has 0 bridgehead atoms. The number of piperazine rings is 1. The van der Waals surface area contributed by atoms with Gasteiger partial charge < -0.3 is 5.32 Å². The lowest BCUT2D eigenvalue weighted by atomic mass is 10.1. The summed E-state index contributed by atoms with van der Waals surface area (Å²) < 4.78 is 0. The van der Waals surface area contributed by atoms with Gasteiger partial charge in [0, 0.05) is 25.7 Å². The fourth-order valence-corrected chi connectivity index (χ4v) is 2.75. The lowest BCUT2D eigenvalue weighted by Gasteiger charge is -2.44. The summed E-state index contributed by atoms with van der Waals surface area (Å²) in [6.45, 7) is 7.16. The first kappa shape index (κ1) is 10.4. The molecule has 2 saturated heterocycles. The van der Waals surface area contributed by atoms with Gasteiger partial charge >= 0.3 is 0 Å². The van der Waals surface area contributed by atoms with Crippen molar-refractivity contribution in [2.45, 2.75) is 38.4 Å². The number of hydrogen-bond acceptors (Lipinski definition) is 3. The van der Waals surface area contributed by atoms with Gasteiger partial charge in [0.1, 0.15) is 0 Å². The monoisotopic (exact) mass is 197 g/mol. The number of hydrogen-bond donors (Lipinski definition) is 1. The van der Waals surface area contributed by atoms with Crippen molar-refractivity contribution in [3.8, 4) is 0 Å². The van der Waals surface area contributed by atoms with Crippen LogP contribution in [0.15, 0.2) is 0 Å². The average molecular weight is 197 g/mol. The zero-order valence-electron chi connectivity index (χ0n) is 9.50. The van der Waals surface area contributed by atoms with Gasteiger partial charge in [-0.3, -0.25) is 9.80 Å². The molecule has 0 amide bonds. The average Bonchev–Trinajstić information content (AvgIpc) is 2.18. The van der Waals surface area contributed by atoms with Crippen LogP contribution >= 0.6 is 0 Å². The number of piperidine rings is 1. The highest BCUT2D eigenvalue weighted by molar-refractivity contribution is 4.82. The van der Waals surface area contributed by atoms with Crippen molar-refractivity contribution in [3.63, 3.8) is 0 Å². The highest BCUT2D eigenvalue weighted by Gasteiger charge is 2.27. The third-order valence-electron chi connectivity index (χ3n) is 3.55. The smallest absolute Gasteiger partial charge is 0.0620 e. The van der Waals surface area contributed by atoms with Gasteiger partial charge in [-0.2, -0.15) is 0 Å². The van der Waals surface area contributed by atoms with E-state index < -0.39 is 0 Å². The Morgan fingerprint density at radius 2 is 2.07 bits per heavy atom. The fourth-order valence-electron chi connectivity index (χ4n) is 2.75. The van der Waals surface area contributed by atoms with Crippen molar-refractivity contribution >= 4 is 0 Å². The predicted molar refractivity (Wildman–Crippen MR) is 59.3 cm³/mol. The maximum absolute atomic E-state index is 3.51. The molecule has 3 heteroatoms. The van der Waals surface area contributed by atoms with Crippen molar-refractivity contribution in [1.82, 2.24) is 15.1 Å². The fraction of sp³-hybridized carbons (Fsp3) is 1.00. The molecular weight excluding hydrogens is 174 g/mol. The maximum Gasteiger partial charge on any atom is 0.0620 e. The Balaban J connectivity index is 1.91. The van der Waals surface area contributed by atoms with E-state index >= 15 is 0 Å². The third-order valence-corrected chi connectivity index (χ3v) is 3.55. The van der Waals surface area contributed by atoms with E-state index in [1.807, 2.05) is 0 Å². The normalized spacial score (nSPS) is 37.3. The van der Waals surface area contributed by atoms with E-state index in [4.69, 9.17) is 0 Å². The standard InChI is InChI=1S/C11H23N3/c1-10-9-14(8-6-12-10)11-5-3-4-7-13(11)2/h10-12H,3-9H2,1-2H3. The molecule has 0 aliphatic carbocycles. The first-order valence-electron chi connectivity index (χ1n) is 5.95. The van der Waals surface area contributed by atoms with E-state index in [0.717, 1.165) is 6.54 Å². The molecule has 2 atom stereocenters. The summed E-state index contributed by atoms with van der Waals surface area (Å²) in [5, 5.41) is 3.51. The maximum atomic E-state index is 3.51. The van der Waals surface area contributed by atoms with Crippen LogP contribution < -0.4 is 5.32 Å². The molecule has 2 unspecified atom stereocenters. The molecule has 0 saturated carbocycles. The van der Waals surface area contributed by atoms with E-state index in [1.54, 1.807) is 0 Å². The Morgan fingerprint density at radius 3 is 2.79 bits per heavy atom. The number of rotatable bonds is 1. The zero-order valence-corrected chi connectivity index (χ0v) is 9.50. The molecule has 82 valence electrons. The molecule has 14 heavy (non-hydrogen) atoms. The largest absolute Gasteiger partial charge is 0.312 e. The minimum Gasteiger partial charge on any atom is -0.312 e. The van der Waals surface area contributed by atoms with Crippen LogP contribution in [0.1, 0.15) is 26.2 Å². The SMILES string of the molecule is CC1CN(C2CCCCN2C)CCN1. The number of likely N-dealkylation sites (tertiary alicyclic amines) is 1. The summed E-state index contributed by atoms with van der Waals surface area (Å²) in [7, 11) is 2.27. The highest BCUT2D eigenvalue weighted by atomic mass is 15.4. The van der Waals surface area contributed by atoms with Gasteiger partial charge in [-0.15, -0.1) is 0 Å². The molecule has 0 spiro atoms. The van der Waals surface area contributed by atoms with Gasteiger partial charge in [-0.05, 0) is 39.8 Å². The summed E-state index contributed by atoms with van der Waals surface area (Å²) in [6.07, 6.45) is 4.87. The van der Waals surface area contributed by atoms with E-state index in [-0.39, 0.29) is 0 Å². The minimum absolute atomic E-state index is 0.666. The molecule has 0 radical (unpaired) electrons. The van der Waals surface area contributed by atoms with Crippen LogP contribution in [-0.2, 0) is 0 Å². The van der Waals surface area contributed by atoms with Gasteiger partial charge in [0.15, 0.2) is 0 Å². The van der Waals surface area contributed by atoms with Crippen LogP contribution in [0.3, 0.4) is 0 Å². The minimum atomic E-state index is 0.666. The summed E-state index contributed by atoms with van der Waals surface area (Å²) in [4.78, 5) is 5.18. The Hall–Kier alpha value is -0.120. The summed E-state index contributed by atoms with van der Waals surface area (Å²) in [5.74, 6) is 0. The lowest BCUT2D eigenvalue weighted by Crippen LogP contribution is -2.58. The molecule has 2 aliphatic heterocycles. The van der Waals surface area contributed by atoms with Crippen molar-refractivity contribution in [1.29, 1.82) is 0 Å². The molecular formula is C11H23N3. The first-order chi connectivity index (χ1) is 6.77. The summed E-state index contributed by atoms with van der Waals surface area (Å²) in [5.41, 5.74) is 0. The zero-order chi connectivity index (χ0) is 9.97. The van der Waals surface area contributed by atoms with E-state index in [9.17, 15) is 0 Å². The molecule has 2 rings (SSSR count). The topological polar surface area (TPSA) is 18.5 Å². The highest BCUT2D eigenvalue weighted by Crippen LogP contribution is 2.19. The van der Waals surface area contributed by atoms with Crippen molar-refractivity contribution in [2.24, 2.45) is 0 Å². The van der Waals surface area contributed by atoms with E-state index in [1.165, 1.54) is 38.9 Å². The van der Waals surface area contributed by atoms with Crippen LogP contribution in [0.2, 0.25) is 0 Å². The van der Waals surface area contributed by atoms with E-state index in [2.05, 4.69) is 29.1 Å².